The molecular weight excluding hydrogens is 121 g/mol. The second-order valence-corrected chi connectivity index (χ2v) is 2.40. The van der Waals surface area contributed by atoms with Gasteiger partial charge in [0.1, 0.15) is 6.17 Å². The third kappa shape index (κ3) is 1.63. The molecule has 54 valence electrons. The monoisotopic (exact) mass is 133 g/mol. The lowest BCUT2D eigenvalue weighted by molar-refractivity contribution is 0.148. The highest BCUT2D eigenvalue weighted by Gasteiger charge is 2.22. The largest absolute Gasteiger partial charge is 0.393 e. The topological polar surface area (TPSA) is 32.3 Å². The van der Waals surface area contributed by atoms with Crippen LogP contribution in [0.5, 0.6) is 0 Å². The standard InChI is InChI=1S/C6H12FNO/c7-5(4-9)6-2-1-3-8-6/h5-6,8-9H,1-4H2. The van der Waals surface area contributed by atoms with Gasteiger partial charge in [0.05, 0.1) is 6.61 Å². The minimum atomic E-state index is -1.06. The molecule has 3 heteroatoms. The van der Waals surface area contributed by atoms with Gasteiger partial charge in [0.15, 0.2) is 0 Å². The van der Waals surface area contributed by atoms with Crippen LogP contribution in [0.3, 0.4) is 0 Å². The van der Waals surface area contributed by atoms with Crippen LogP contribution >= 0.6 is 0 Å². The molecule has 2 unspecified atom stereocenters. The van der Waals surface area contributed by atoms with Gasteiger partial charge in [0.2, 0.25) is 0 Å². The summed E-state index contributed by atoms with van der Waals surface area (Å²) in [6.07, 6.45) is 0.833. The Bertz CT molecular complexity index is 83.1. The zero-order valence-corrected chi connectivity index (χ0v) is 5.31. The molecule has 0 spiro atoms. The van der Waals surface area contributed by atoms with E-state index in [9.17, 15) is 4.39 Å². The van der Waals surface area contributed by atoms with E-state index in [0.717, 1.165) is 19.4 Å². The molecule has 9 heavy (non-hydrogen) atoms. The molecule has 1 fully saturated rings. The van der Waals surface area contributed by atoms with Gasteiger partial charge < -0.3 is 10.4 Å². The molecule has 1 aliphatic heterocycles. The fraction of sp³-hybridized carbons (Fsp3) is 1.00. The van der Waals surface area contributed by atoms with Crippen LogP contribution < -0.4 is 5.32 Å². The lowest BCUT2D eigenvalue weighted by Crippen LogP contribution is -2.33. The molecule has 1 saturated heterocycles. The van der Waals surface area contributed by atoms with Crippen LogP contribution in [0.25, 0.3) is 0 Å². The zero-order chi connectivity index (χ0) is 6.69. The summed E-state index contributed by atoms with van der Waals surface area (Å²) in [5.41, 5.74) is 0. The molecule has 0 saturated carbocycles. The molecule has 1 heterocycles. The molecule has 0 bridgehead atoms. The van der Waals surface area contributed by atoms with Gasteiger partial charge in [-0.3, -0.25) is 0 Å². The van der Waals surface area contributed by atoms with Crippen LogP contribution in [-0.2, 0) is 0 Å². The van der Waals surface area contributed by atoms with E-state index in [1.807, 2.05) is 0 Å². The van der Waals surface area contributed by atoms with E-state index in [1.165, 1.54) is 0 Å². The van der Waals surface area contributed by atoms with Crippen molar-refractivity contribution in [2.24, 2.45) is 0 Å². The average Bonchev–Trinajstić information content (AvgIpc) is 2.37. The average molecular weight is 133 g/mol. The molecule has 1 aliphatic rings. The minimum absolute atomic E-state index is 0.0880. The van der Waals surface area contributed by atoms with E-state index in [4.69, 9.17) is 5.11 Å². The molecule has 0 radical (unpaired) electrons. The number of alkyl halides is 1. The maximum atomic E-state index is 12.5. The maximum absolute atomic E-state index is 12.5. The van der Waals surface area contributed by atoms with Gasteiger partial charge in [0, 0.05) is 6.04 Å². The van der Waals surface area contributed by atoms with Crippen molar-refractivity contribution in [3.63, 3.8) is 0 Å². The van der Waals surface area contributed by atoms with Crippen LogP contribution in [0.2, 0.25) is 0 Å². The molecule has 0 aromatic carbocycles. The summed E-state index contributed by atoms with van der Waals surface area (Å²) < 4.78 is 12.5. The summed E-state index contributed by atoms with van der Waals surface area (Å²) in [4.78, 5) is 0. The van der Waals surface area contributed by atoms with Gasteiger partial charge in [-0.1, -0.05) is 0 Å². The molecule has 0 aromatic rings. The number of rotatable bonds is 2. The molecule has 2 N–H and O–H groups in total. The first kappa shape index (κ1) is 6.96. The normalized spacial score (nSPS) is 30.7. The summed E-state index contributed by atoms with van der Waals surface area (Å²) in [7, 11) is 0. The first-order valence-electron chi connectivity index (χ1n) is 3.33. The minimum Gasteiger partial charge on any atom is -0.393 e. The summed E-state index contributed by atoms with van der Waals surface area (Å²) in [6.45, 7) is 0.544. The molecular formula is C6H12FNO. The Morgan fingerprint density at radius 2 is 2.56 bits per heavy atom. The number of halogens is 1. The predicted molar refractivity (Wildman–Crippen MR) is 33.0 cm³/mol. The summed E-state index contributed by atoms with van der Waals surface area (Å²) >= 11 is 0. The van der Waals surface area contributed by atoms with Crippen molar-refractivity contribution >= 4 is 0 Å². The van der Waals surface area contributed by atoms with Crippen molar-refractivity contribution in [1.82, 2.24) is 5.32 Å². The first-order valence-corrected chi connectivity index (χ1v) is 3.33. The van der Waals surface area contributed by atoms with E-state index in [0.29, 0.717) is 0 Å². The number of hydrogen-bond donors (Lipinski definition) is 2. The van der Waals surface area contributed by atoms with Crippen LogP contribution in [0.15, 0.2) is 0 Å². The molecule has 0 aliphatic carbocycles. The van der Waals surface area contributed by atoms with Crippen molar-refractivity contribution in [3.8, 4) is 0 Å². The smallest absolute Gasteiger partial charge is 0.138 e. The second-order valence-electron chi connectivity index (χ2n) is 2.40. The van der Waals surface area contributed by atoms with E-state index >= 15 is 0 Å². The Hall–Kier alpha value is -0.150. The fourth-order valence-corrected chi connectivity index (χ4v) is 1.15. The molecule has 0 amide bonds. The number of aliphatic hydroxyl groups excluding tert-OH is 1. The third-order valence-corrected chi connectivity index (χ3v) is 1.71. The van der Waals surface area contributed by atoms with Gasteiger partial charge in [-0.15, -0.1) is 0 Å². The van der Waals surface area contributed by atoms with Gasteiger partial charge in [-0.2, -0.15) is 0 Å². The number of nitrogens with one attached hydrogen (secondary N) is 1. The van der Waals surface area contributed by atoms with Gasteiger partial charge in [-0.05, 0) is 19.4 Å². The van der Waals surface area contributed by atoms with E-state index in [2.05, 4.69) is 5.32 Å². The van der Waals surface area contributed by atoms with Crippen LogP contribution in [-0.4, -0.2) is 30.5 Å². The Morgan fingerprint density at radius 1 is 1.78 bits per heavy atom. The van der Waals surface area contributed by atoms with Crippen molar-refractivity contribution in [3.05, 3.63) is 0 Å². The summed E-state index contributed by atoms with van der Waals surface area (Å²) in [5.74, 6) is 0. The quantitative estimate of drug-likeness (QED) is 0.558. The Morgan fingerprint density at radius 3 is 3.00 bits per heavy atom. The summed E-state index contributed by atoms with van der Waals surface area (Å²) in [6, 6.07) is -0.0880. The Balaban J connectivity index is 2.24. The fourth-order valence-electron chi connectivity index (χ4n) is 1.15. The van der Waals surface area contributed by atoms with Crippen molar-refractivity contribution in [2.75, 3.05) is 13.2 Å². The summed E-state index contributed by atoms with van der Waals surface area (Å²) in [5, 5.41) is 11.4. The zero-order valence-electron chi connectivity index (χ0n) is 5.31. The van der Waals surface area contributed by atoms with Gasteiger partial charge >= 0.3 is 0 Å². The highest BCUT2D eigenvalue weighted by molar-refractivity contribution is 4.80. The van der Waals surface area contributed by atoms with Gasteiger partial charge in [0.25, 0.3) is 0 Å². The highest BCUT2D eigenvalue weighted by atomic mass is 19.1. The van der Waals surface area contributed by atoms with E-state index in [1.54, 1.807) is 0 Å². The molecule has 0 aromatic heterocycles. The van der Waals surface area contributed by atoms with E-state index in [-0.39, 0.29) is 12.6 Å². The number of aliphatic hydroxyl groups is 1. The SMILES string of the molecule is OCC(F)C1CCCN1. The van der Waals surface area contributed by atoms with Crippen LogP contribution in [0.4, 0.5) is 4.39 Å². The lowest BCUT2D eigenvalue weighted by Gasteiger charge is -2.12. The highest BCUT2D eigenvalue weighted by Crippen LogP contribution is 2.10. The Kier molecular flexibility index (Phi) is 2.42. The van der Waals surface area contributed by atoms with E-state index < -0.39 is 6.17 Å². The van der Waals surface area contributed by atoms with Crippen LogP contribution in [0, 0.1) is 0 Å². The lowest BCUT2D eigenvalue weighted by atomic mass is 10.1. The number of hydrogen-bond acceptors (Lipinski definition) is 2. The van der Waals surface area contributed by atoms with Crippen molar-refractivity contribution in [2.45, 2.75) is 25.1 Å². The van der Waals surface area contributed by atoms with Crippen molar-refractivity contribution in [1.29, 1.82) is 0 Å². The Labute approximate surface area is 54.1 Å². The molecule has 2 atom stereocenters. The predicted octanol–water partition coefficient (Wildman–Crippen LogP) is 0.0688. The second kappa shape index (κ2) is 3.13. The first-order chi connectivity index (χ1) is 4.34. The molecule has 1 rings (SSSR count). The third-order valence-electron chi connectivity index (χ3n) is 1.71. The van der Waals surface area contributed by atoms with Crippen LogP contribution in [0.1, 0.15) is 12.8 Å². The van der Waals surface area contributed by atoms with Crippen molar-refractivity contribution < 1.29 is 9.50 Å². The molecule has 2 nitrogen and oxygen atoms in total. The maximum Gasteiger partial charge on any atom is 0.138 e. The van der Waals surface area contributed by atoms with Gasteiger partial charge in [-0.25, -0.2) is 4.39 Å².